The van der Waals surface area contributed by atoms with Crippen molar-refractivity contribution in [3.8, 4) is 0 Å². The molecular weight excluding hydrogens is 384 g/mol. The number of hydrogen-bond acceptors (Lipinski definition) is 3. The van der Waals surface area contributed by atoms with E-state index in [-0.39, 0.29) is 29.6 Å². The number of anilines is 1. The van der Waals surface area contributed by atoms with Crippen LogP contribution >= 0.6 is 11.6 Å². The lowest BCUT2D eigenvalue weighted by Gasteiger charge is -2.23. The molecule has 2 atom stereocenters. The molecule has 0 spiro atoms. The van der Waals surface area contributed by atoms with Gasteiger partial charge in [-0.25, -0.2) is 13.2 Å². The lowest BCUT2D eigenvalue weighted by Crippen LogP contribution is -2.37. The molecule has 0 aromatic heterocycles. The topological polar surface area (TPSA) is 57.7 Å². The maximum absolute atomic E-state index is 13.3. The van der Waals surface area contributed by atoms with Crippen molar-refractivity contribution < 1.29 is 13.2 Å². The van der Waals surface area contributed by atoms with E-state index in [1.807, 2.05) is 50.2 Å². The van der Waals surface area contributed by atoms with Crippen molar-refractivity contribution >= 4 is 33.2 Å². The minimum Gasteiger partial charge on any atom is -0.314 e. The van der Waals surface area contributed by atoms with Crippen LogP contribution in [0.3, 0.4) is 0 Å². The van der Waals surface area contributed by atoms with E-state index in [1.165, 1.54) is 0 Å². The number of hydrogen-bond donors (Lipinski definition) is 0. The van der Waals surface area contributed by atoms with Crippen molar-refractivity contribution in [1.29, 1.82) is 0 Å². The molecule has 2 aromatic rings. The quantitative estimate of drug-likeness (QED) is 0.735. The van der Waals surface area contributed by atoms with E-state index < -0.39 is 9.84 Å². The molecule has 2 fully saturated rings. The average molecular weight is 405 g/mol. The van der Waals surface area contributed by atoms with E-state index in [0.717, 1.165) is 22.4 Å². The molecule has 4 rings (SSSR count). The van der Waals surface area contributed by atoms with Crippen LogP contribution < -0.4 is 4.90 Å². The molecule has 0 aliphatic carbocycles. The normalized spacial score (nSPS) is 23.7. The highest BCUT2D eigenvalue weighted by molar-refractivity contribution is 7.91. The molecule has 0 radical (unpaired) electrons. The van der Waals surface area contributed by atoms with Crippen molar-refractivity contribution in [3.63, 3.8) is 0 Å². The van der Waals surface area contributed by atoms with Crippen LogP contribution in [-0.2, 0) is 16.4 Å². The number of carbonyl (C=O) groups is 1. The molecule has 2 aliphatic rings. The summed E-state index contributed by atoms with van der Waals surface area (Å²) in [5, 5.41) is 0.576. The van der Waals surface area contributed by atoms with E-state index in [0.29, 0.717) is 11.6 Å². The zero-order valence-electron chi connectivity index (χ0n) is 15.2. The Kier molecular flexibility index (Phi) is 4.43. The Balaban J connectivity index is 1.75. The number of amides is 2. The fourth-order valence-corrected chi connectivity index (χ4v) is 6.31. The molecule has 2 amide bonds. The summed E-state index contributed by atoms with van der Waals surface area (Å²) in [5.41, 5.74) is 3.66. The molecule has 7 heteroatoms. The zero-order chi connectivity index (χ0) is 19.3. The number of fused-ring (bicyclic) bond motifs is 1. The van der Waals surface area contributed by atoms with Gasteiger partial charge < -0.3 is 4.90 Å². The van der Waals surface area contributed by atoms with Gasteiger partial charge in [-0.1, -0.05) is 35.9 Å². The molecule has 0 N–H and O–H groups in total. The van der Waals surface area contributed by atoms with Crippen LogP contribution in [0.5, 0.6) is 0 Å². The summed E-state index contributed by atoms with van der Waals surface area (Å²) in [5.74, 6) is -0.00935. The first-order chi connectivity index (χ1) is 12.7. The van der Waals surface area contributed by atoms with Crippen molar-refractivity contribution in [2.24, 2.45) is 0 Å². The Labute approximate surface area is 164 Å². The van der Waals surface area contributed by atoms with E-state index in [2.05, 4.69) is 0 Å². The first-order valence-electron chi connectivity index (χ1n) is 8.87. The standard InChI is InChI=1S/C20H21ClN2O3S/c1-13-7-14(2)9-16(8-13)23-19-12-27(25,26)11-18(19)22(20(23)24)10-15-5-3-4-6-17(15)21/h3-9,18-19H,10-12H2,1-2H3/t18-,19+/m0/s1. The van der Waals surface area contributed by atoms with Crippen molar-refractivity contribution in [2.45, 2.75) is 32.5 Å². The summed E-state index contributed by atoms with van der Waals surface area (Å²) in [4.78, 5) is 16.6. The first-order valence-corrected chi connectivity index (χ1v) is 11.1. The molecule has 0 saturated carbocycles. The third kappa shape index (κ3) is 3.32. The van der Waals surface area contributed by atoms with Gasteiger partial charge in [0.25, 0.3) is 0 Å². The second-order valence-electron chi connectivity index (χ2n) is 7.43. The Hall–Kier alpha value is -2.05. The third-order valence-corrected chi connectivity index (χ3v) is 7.33. The zero-order valence-corrected chi connectivity index (χ0v) is 16.8. The Morgan fingerprint density at radius 1 is 1.04 bits per heavy atom. The van der Waals surface area contributed by atoms with Gasteiger partial charge in [-0.3, -0.25) is 4.90 Å². The highest BCUT2D eigenvalue weighted by Gasteiger charge is 2.53. The second kappa shape index (κ2) is 6.53. The van der Waals surface area contributed by atoms with Crippen LogP contribution in [0, 0.1) is 13.8 Å². The predicted molar refractivity (Wildman–Crippen MR) is 107 cm³/mol. The molecule has 2 aromatic carbocycles. The van der Waals surface area contributed by atoms with Crippen molar-refractivity contribution in [1.82, 2.24) is 4.90 Å². The van der Waals surface area contributed by atoms with Crippen LogP contribution in [0.25, 0.3) is 0 Å². The third-order valence-electron chi connectivity index (χ3n) is 5.26. The molecule has 27 heavy (non-hydrogen) atoms. The fourth-order valence-electron chi connectivity index (χ4n) is 4.16. The summed E-state index contributed by atoms with van der Waals surface area (Å²) < 4.78 is 24.7. The maximum Gasteiger partial charge on any atom is 0.325 e. The summed E-state index contributed by atoms with van der Waals surface area (Å²) >= 11 is 6.27. The van der Waals surface area contributed by atoms with Gasteiger partial charge in [0, 0.05) is 17.3 Å². The summed E-state index contributed by atoms with van der Waals surface area (Å²) in [6.07, 6.45) is 0. The van der Waals surface area contributed by atoms with Gasteiger partial charge in [-0.2, -0.15) is 0 Å². The molecule has 142 valence electrons. The number of rotatable bonds is 3. The van der Waals surface area contributed by atoms with Gasteiger partial charge in [-0.05, 0) is 48.7 Å². The number of urea groups is 1. The average Bonchev–Trinajstić information content (AvgIpc) is 2.99. The lowest BCUT2D eigenvalue weighted by atomic mass is 10.1. The minimum atomic E-state index is -3.19. The Morgan fingerprint density at radius 2 is 1.67 bits per heavy atom. The van der Waals surface area contributed by atoms with E-state index >= 15 is 0 Å². The van der Waals surface area contributed by atoms with Gasteiger partial charge in [0.05, 0.1) is 23.6 Å². The number of aryl methyl sites for hydroxylation is 2. The van der Waals surface area contributed by atoms with Gasteiger partial charge >= 0.3 is 6.03 Å². The number of benzene rings is 2. The summed E-state index contributed by atoms with van der Waals surface area (Å²) in [6, 6.07) is 12.4. The molecule has 2 saturated heterocycles. The van der Waals surface area contributed by atoms with Gasteiger partial charge in [-0.15, -0.1) is 0 Å². The van der Waals surface area contributed by atoms with Crippen LogP contribution in [0.4, 0.5) is 10.5 Å². The molecule has 0 bridgehead atoms. The van der Waals surface area contributed by atoms with Crippen LogP contribution in [0.15, 0.2) is 42.5 Å². The number of sulfone groups is 1. The summed E-state index contributed by atoms with van der Waals surface area (Å²) in [6.45, 7) is 4.25. The SMILES string of the molecule is Cc1cc(C)cc(N2C(=O)N(Cc3ccccc3Cl)[C@H]3CS(=O)(=O)C[C@H]32)c1. The smallest absolute Gasteiger partial charge is 0.314 e. The van der Waals surface area contributed by atoms with Crippen molar-refractivity contribution in [2.75, 3.05) is 16.4 Å². The Bertz CT molecular complexity index is 1000. The molecule has 2 heterocycles. The van der Waals surface area contributed by atoms with E-state index in [9.17, 15) is 13.2 Å². The monoisotopic (exact) mass is 404 g/mol. The largest absolute Gasteiger partial charge is 0.325 e. The van der Waals surface area contributed by atoms with E-state index in [4.69, 9.17) is 11.6 Å². The minimum absolute atomic E-state index is 0.00455. The molecule has 5 nitrogen and oxygen atoms in total. The van der Waals surface area contributed by atoms with Gasteiger partial charge in [0.15, 0.2) is 9.84 Å². The van der Waals surface area contributed by atoms with Crippen LogP contribution in [0.2, 0.25) is 5.02 Å². The van der Waals surface area contributed by atoms with Crippen LogP contribution in [0.1, 0.15) is 16.7 Å². The second-order valence-corrected chi connectivity index (χ2v) is 9.99. The van der Waals surface area contributed by atoms with Gasteiger partial charge in [0.2, 0.25) is 0 Å². The number of nitrogens with zero attached hydrogens (tertiary/aromatic N) is 2. The van der Waals surface area contributed by atoms with Crippen molar-refractivity contribution in [3.05, 3.63) is 64.2 Å². The lowest BCUT2D eigenvalue weighted by molar-refractivity contribution is 0.206. The number of halogens is 1. The highest BCUT2D eigenvalue weighted by Crippen LogP contribution is 2.37. The Morgan fingerprint density at radius 3 is 2.33 bits per heavy atom. The molecular formula is C20H21ClN2O3S. The summed E-state index contributed by atoms with van der Waals surface area (Å²) in [7, 11) is -3.19. The predicted octanol–water partition coefficient (Wildman–Crippen LogP) is 3.56. The number of carbonyl (C=O) groups excluding carboxylic acids is 1. The van der Waals surface area contributed by atoms with Gasteiger partial charge in [0.1, 0.15) is 0 Å². The van der Waals surface area contributed by atoms with E-state index in [1.54, 1.807) is 15.9 Å². The fraction of sp³-hybridized carbons (Fsp3) is 0.350. The molecule has 0 unspecified atom stereocenters. The maximum atomic E-state index is 13.3. The highest BCUT2D eigenvalue weighted by atomic mass is 35.5. The molecule has 2 aliphatic heterocycles. The first kappa shape index (κ1) is 18.3. The van der Waals surface area contributed by atoms with Crippen LogP contribution in [-0.4, -0.2) is 42.9 Å².